The summed E-state index contributed by atoms with van der Waals surface area (Å²) < 4.78 is 5.52. The lowest BCUT2D eigenvalue weighted by molar-refractivity contribution is 0.153. The third-order valence-electron chi connectivity index (χ3n) is 4.57. The number of nitrogens with one attached hydrogen (secondary N) is 1. The number of ether oxygens (including phenoxy) is 1. The zero-order valence-corrected chi connectivity index (χ0v) is 14.0. The van der Waals surface area contributed by atoms with E-state index < -0.39 is 0 Å². The van der Waals surface area contributed by atoms with E-state index in [0.717, 1.165) is 39.1 Å². The molecule has 1 aromatic carbocycles. The van der Waals surface area contributed by atoms with Crippen molar-refractivity contribution in [3.63, 3.8) is 0 Å². The Morgan fingerprint density at radius 1 is 1.33 bits per heavy atom. The monoisotopic (exact) mass is 290 g/mol. The maximum atomic E-state index is 5.52. The highest BCUT2D eigenvalue weighted by atomic mass is 16.5. The summed E-state index contributed by atoms with van der Waals surface area (Å²) in [6.07, 6.45) is 2.32. The van der Waals surface area contributed by atoms with E-state index in [2.05, 4.69) is 56.2 Å². The summed E-state index contributed by atoms with van der Waals surface area (Å²) in [4.78, 5) is 2.45. The molecule has 3 heteroatoms. The fourth-order valence-electron chi connectivity index (χ4n) is 2.89. The number of rotatable bonds is 7. The Balaban J connectivity index is 2.07. The molecule has 1 N–H and O–H groups in total. The second-order valence-electron chi connectivity index (χ2n) is 6.31. The minimum Gasteiger partial charge on any atom is -0.380 e. The van der Waals surface area contributed by atoms with Crippen molar-refractivity contribution in [2.45, 2.75) is 45.7 Å². The Hall–Kier alpha value is -0.900. The molecule has 2 rings (SSSR count). The van der Waals surface area contributed by atoms with Gasteiger partial charge in [-0.15, -0.1) is 0 Å². The number of hydrogen-bond acceptors (Lipinski definition) is 3. The number of hydrogen-bond donors (Lipinski definition) is 1. The number of benzene rings is 1. The highest BCUT2D eigenvalue weighted by Crippen LogP contribution is 2.20. The van der Waals surface area contributed by atoms with E-state index in [1.54, 1.807) is 0 Å². The van der Waals surface area contributed by atoms with E-state index in [4.69, 9.17) is 4.74 Å². The van der Waals surface area contributed by atoms with Gasteiger partial charge in [-0.05, 0) is 57.0 Å². The van der Waals surface area contributed by atoms with Crippen LogP contribution in [0.1, 0.15) is 42.5 Å². The quantitative estimate of drug-likeness (QED) is 0.835. The lowest BCUT2D eigenvalue weighted by Crippen LogP contribution is -2.39. The predicted octanol–water partition coefficient (Wildman–Crippen LogP) is 3.06. The van der Waals surface area contributed by atoms with Crippen molar-refractivity contribution in [3.05, 3.63) is 34.9 Å². The molecular weight excluding hydrogens is 260 g/mol. The molecule has 1 aliphatic heterocycles. The maximum absolute atomic E-state index is 5.52. The predicted molar refractivity (Wildman–Crippen MR) is 88.8 cm³/mol. The summed E-state index contributed by atoms with van der Waals surface area (Å²) in [5.41, 5.74) is 4.14. The molecular formula is C18H30N2O. The smallest absolute Gasteiger partial charge is 0.0622 e. The van der Waals surface area contributed by atoms with E-state index in [1.807, 2.05) is 0 Å². The van der Waals surface area contributed by atoms with Gasteiger partial charge in [0.15, 0.2) is 0 Å². The first-order chi connectivity index (χ1) is 10.1. The van der Waals surface area contributed by atoms with Gasteiger partial charge >= 0.3 is 0 Å². The van der Waals surface area contributed by atoms with Gasteiger partial charge in [0, 0.05) is 25.2 Å². The van der Waals surface area contributed by atoms with Crippen molar-refractivity contribution < 1.29 is 4.74 Å². The van der Waals surface area contributed by atoms with Crippen LogP contribution in [0, 0.1) is 13.8 Å². The molecule has 1 fully saturated rings. The Kier molecular flexibility index (Phi) is 6.22. The molecule has 2 unspecified atom stereocenters. The molecule has 0 bridgehead atoms. The van der Waals surface area contributed by atoms with Gasteiger partial charge in [-0.1, -0.05) is 25.1 Å². The van der Waals surface area contributed by atoms with Gasteiger partial charge in [0.1, 0.15) is 0 Å². The van der Waals surface area contributed by atoms with E-state index in [9.17, 15) is 0 Å². The van der Waals surface area contributed by atoms with Crippen LogP contribution in [-0.4, -0.2) is 44.3 Å². The van der Waals surface area contributed by atoms with Gasteiger partial charge in [0.25, 0.3) is 0 Å². The fourth-order valence-corrected chi connectivity index (χ4v) is 2.89. The second kappa shape index (κ2) is 7.92. The van der Waals surface area contributed by atoms with Crippen LogP contribution < -0.4 is 5.32 Å². The van der Waals surface area contributed by atoms with Crippen LogP contribution in [0.3, 0.4) is 0 Å². The minimum absolute atomic E-state index is 0.398. The summed E-state index contributed by atoms with van der Waals surface area (Å²) in [6, 6.07) is 7.82. The lowest BCUT2D eigenvalue weighted by Gasteiger charge is -2.29. The Labute approximate surface area is 129 Å². The maximum Gasteiger partial charge on any atom is 0.0622 e. The molecule has 2 atom stereocenters. The van der Waals surface area contributed by atoms with Crippen LogP contribution in [0.2, 0.25) is 0 Å². The zero-order chi connectivity index (χ0) is 15.2. The van der Waals surface area contributed by atoms with E-state index in [-0.39, 0.29) is 0 Å². The van der Waals surface area contributed by atoms with Crippen LogP contribution in [0.15, 0.2) is 18.2 Å². The minimum atomic E-state index is 0.398. The molecule has 21 heavy (non-hydrogen) atoms. The molecule has 1 aliphatic rings. The highest BCUT2D eigenvalue weighted by molar-refractivity contribution is 5.32. The molecule has 1 saturated heterocycles. The van der Waals surface area contributed by atoms with Crippen molar-refractivity contribution in [1.82, 2.24) is 10.2 Å². The van der Waals surface area contributed by atoms with Crippen molar-refractivity contribution >= 4 is 0 Å². The SMILES string of the molecule is CCCNC(CN(C)C1CCOC1)c1ccc(C)c(C)c1. The molecule has 118 valence electrons. The highest BCUT2D eigenvalue weighted by Gasteiger charge is 2.23. The van der Waals surface area contributed by atoms with Gasteiger partial charge in [-0.2, -0.15) is 0 Å². The Morgan fingerprint density at radius 2 is 2.14 bits per heavy atom. The number of aryl methyl sites for hydroxylation is 2. The molecule has 0 saturated carbocycles. The first-order valence-corrected chi connectivity index (χ1v) is 8.20. The third-order valence-corrected chi connectivity index (χ3v) is 4.57. The van der Waals surface area contributed by atoms with Crippen molar-refractivity contribution in [2.24, 2.45) is 0 Å². The molecule has 0 aromatic heterocycles. The number of likely N-dealkylation sites (N-methyl/N-ethyl adjacent to an activating group) is 1. The Morgan fingerprint density at radius 3 is 2.76 bits per heavy atom. The van der Waals surface area contributed by atoms with Crippen LogP contribution in [0.4, 0.5) is 0 Å². The standard InChI is InChI=1S/C18H30N2O/c1-5-9-19-18(12-20(4)17-8-10-21-13-17)16-7-6-14(2)15(3)11-16/h6-7,11,17-19H,5,8-10,12-13H2,1-4H3. The summed E-state index contributed by atoms with van der Waals surface area (Å²) in [6.45, 7) is 10.5. The molecule has 0 amide bonds. The summed E-state index contributed by atoms with van der Waals surface area (Å²) in [5.74, 6) is 0. The third kappa shape index (κ3) is 4.53. The first kappa shape index (κ1) is 16.5. The van der Waals surface area contributed by atoms with Gasteiger partial charge in [-0.3, -0.25) is 4.90 Å². The molecule has 3 nitrogen and oxygen atoms in total. The first-order valence-electron chi connectivity index (χ1n) is 8.20. The van der Waals surface area contributed by atoms with Gasteiger partial charge in [0.2, 0.25) is 0 Å². The van der Waals surface area contributed by atoms with E-state index in [0.29, 0.717) is 12.1 Å². The molecule has 1 heterocycles. The van der Waals surface area contributed by atoms with Crippen molar-refractivity contribution in [3.8, 4) is 0 Å². The molecule has 0 aliphatic carbocycles. The van der Waals surface area contributed by atoms with Crippen molar-refractivity contribution in [2.75, 3.05) is 33.4 Å². The van der Waals surface area contributed by atoms with Crippen LogP contribution in [0.5, 0.6) is 0 Å². The average molecular weight is 290 g/mol. The van der Waals surface area contributed by atoms with Gasteiger partial charge in [-0.25, -0.2) is 0 Å². The molecule has 0 spiro atoms. The largest absolute Gasteiger partial charge is 0.380 e. The van der Waals surface area contributed by atoms with E-state index >= 15 is 0 Å². The van der Waals surface area contributed by atoms with E-state index in [1.165, 1.54) is 16.7 Å². The average Bonchev–Trinajstić information content (AvgIpc) is 3.00. The Bertz CT molecular complexity index is 441. The van der Waals surface area contributed by atoms with Crippen LogP contribution >= 0.6 is 0 Å². The number of nitrogens with zero attached hydrogens (tertiary/aromatic N) is 1. The lowest BCUT2D eigenvalue weighted by atomic mass is 10.00. The van der Waals surface area contributed by atoms with Gasteiger partial charge in [0.05, 0.1) is 6.61 Å². The summed E-state index contributed by atoms with van der Waals surface area (Å²) in [5, 5.41) is 3.70. The van der Waals surface area contributed by atoms with Crippen LogP contribution in [0.25, 0.3) is 0 Å². The topological polar surface area (TPSA) is 24.5 Å². The van der Waals surface area contributed by atoms with Crippen LogP contribution in [-0.2, 0) is 4.74 Å². The summed E-state index contributed by atoms with van der Waals surface area (Å²) >= 11 is 0. The van der Waals surface area contributed by atoms with Gasteiger partial charge < -0.3 is 10.1 Å². The normalized spacial score (nSPS) is 20.1. The molecule has 0 radical (unpaired) electrons. The molecule has 1 aromatic rings. The fraction of sp³-hybridized carbons (Fsp3) is 0.667. The van der Waals surface area contributed by atoms with Crippen molar-refractivity contribution in [1.29, 1.82) is 0 Å². The summed E-state index contributed by atoms with van der Waals surface area (Å²) in [7, 11) is 2.22. The zero-order valence-electron chi connectivity index (χ0n) is 14.0. The second-order valence-corrected chi connectivity index (χ2v) is 6.31.